The molecule has 1 saturated carbocycles. The van der Waals surface area contributed by atoms with Crippen molar-refractivity contribution in [3.63, 3.8) is 0 Å². The van der Waals surface area contributed by atoms with Gasteiger partial charge in [0.1, 0.15) is 29.2 Å². The standard InChI is InChI=1S/C27H32N6O3/c1-28-26(35)17-10-13-21(22(14-17)36-2)31-27-32-24-23(25(33-27)30-18-6-4-3-5-7-18)20(15-29-24)16-8-11-19(34)12-9-16/h8-15,18,26,28,34-35H,3-7H2,1-2H3,(H3,29,30,31,32,33). The number of nitrogens with zero attached hydrogens (tertiary/aromatic N) is 2. The Kier molecular flexibility index (Phi) is 6.92. The largest absolute Gasteiger partial charge is 0.508 e. The van der Waals surface area contributed by atoms with Gasteiger partial charge in [-0.1, -0.05) is 37.5 Å². The van der Waals surface area contributed by atoms with Crippen LogP contribution in [0.1, 0.15) is 43.9 Å². The molecule has 0 amide bonds. The number of benzene rings is 2. The van der Waals surface area contributed by atoms with E-state index in [1.54, 1.807) is 32.4 Å². The highest BCUT2D eigenvalue weighted by atomic mass is 16.5. The van der Waals surface area contributed by atoms with Crippen molar-refractivity contribution in [2.24, 2.45) is 0 Å². The van der Waals surface area contributed by atoms with Crippen LogP contribution in [-0.4, -0.2) is 45.4 Å². The maximum absolute atomic E-state index is 10.1. The Bertz CT molecular complexity index is 1330. The Labute approximate surface area is 210 Å². The van der Waals surface area contributed by atoms with E-state index < -0.39 is 6.23 Å². The van der Waals surface area contributed by atoms with Crippen molar-refractivity contribution < 1.29 is 14.9 Å². The number of phenolic OH excluding ortho intramolecular Hbond substituents is 1. The molecule has 2 heterocycles. The summed E-state index contributed by atoms with van der Waals surface area (Å²) in [6.45, 7) is 0. The lowest BCUT2D eigenvalue weighted by Crippen LogP contribution is -2.23. The van der Waals surface area contributed by atoms with E-state index in [4.69, 9.17) is 14.7 Å². The maximum atomic E-state index is 10.1. The molecular formula is C27H32N6O3. The zero-order chi connectivity index (χ0) is 25.1. The van der Waals surface area contributed by atoms with Crippen LogP contribution >= 0.6 is 0 Å². The molecule has 9 nitrogen and oxygen atoms in total. The molecule has 2 aromatic carbocycles. The summed E-state index contributed by atoms with van der Waals surface area (Å²) in [5.74, 6) is 1.99. The van der Waals surface area contributed by atoms with Gasteiger partial charge in [-0.2, -0.15) is 9.97 Å². The molecule has 1 aliphatic carbocycles. The van der Waals surface area contributed by atoms with E-state index in [-0.39, 0.29) is 5.75 Å². The van der Waals surface area contributed by atoms with Gasteiger partial charge in [0.25, 0.3) is 0 Å². The molecule has 1 unspecified atom stereocenters. The molecular weight excluding hydrogens is 456 g/mol. The predicted molar refractivity (Wildman–Crippen MR) is 142 cm³/mol. The van der Waals surface area contributed by atoms with Crippen LogP contribution in [0, 0.1) is 0 Å². The minimum Gasteiger partial charge on any atom is -0.508 e. The summed E-state index contributed by atoms with van der Waals surface area (Å²) in [5.41, 5.74) is 4.03. The number of aliphatic hydroxyl groups is 1. The van der Waals surface area contributed by atoms with E-state index in [9.17, 15) is 10.2 Å². The summed E-state index contributed by atoms with van der Waals surface area (Å²) >= 11 is 0. The number of aliphatic hydroxyl groups excluding tert-OH is 1. The van der Waals surface area contributed by atoms with E-state index in [1.165, 1.54) is 19.3 Å². The van der Waals surface area contributed by atoms with Crippen LogP contribution in [-0.2, 0) is 0 Å². The lowest BCUT2D eigenvalue weighted by Gasteiger charge is -2.24. The van der Waals surface area contributed by atoms with Gasteiger partial charge >= 0.3 is 0 Å². The summed E-state index contributed by atoms with van der Waals surface area (Å²) < 4.78 is 5.56. The van der Waals surface area contributed by atoms with Crippen LogP contribution in [0.15, 0.2) is 48.7 Å². The number of H-pyrrole nitrogens is 1. The second-order valence-corrected chi connectivity index (χ2v) is 9.12. The van der Waals surface area contributed by atoms with Crippen molar-refractivity contribution in [2.45, 2.75) is 44.4 Å². The fourth-order valence-electron chi connectivity index (χ4n) is 4.77. The molecule has 0 saturated heterocycles. The molecule has 0 aliphatic heterocycles. The molecule has 1 fully saturated rings. The van der Waals surface area contributed by atoms with E-state index in [0.29, 0.717) is 34.6 Å². The number of phenols is 1. The van der Waals surface area contributed by atoms with Gasteiger partial charge in [0, 0.05) is 17.8 Å². The van der Waals surface area contributed by atoms with Gasteiger partial charge in [-0.25, -0.2) is 0 Å². The average Bonchev–Trinajstić information content (AvgIpc) is 3.34. The van der Waals surface area contributed by atoms with Crippen LogP contribution in [0.4, 0.5) is 17.5 Å². The SMILES string of the molecule is CNC(O)c1ccc(Nc2nc(NC3CCCCC3)c3c(-c4ccc(O)cc4)c[nH]c3n2)c(OC)c1. The topological polar surface area (TPSA) is 127 Å². The summed E-state index contributed by atoms with van der Waals surface area (Å²) in [6.07, 6.45) is 7.03. The van der Waals surface area contributed by atoms with E-state index in [0.717, 1.165) is 35.2 Å². The van der Waals surface area contributed by atoms with E-state index >= 15 is 0 Å². The quantitative estimate of drug-likeness (QED) is 0.191. The molecule has 2 aromatic heterocycles. The summed E-state index contributed by atoms with van der Waals surface area (Å²) in [7, 11) is 3.28. The fraction of sp³-hybridized carbons (Fsp3) is 0.333. The molecule has 0 radical (unpaired) electrons. The minimum absolute atomic E-state index is 0.226. The number of aromatic nitrogens is 3. The molecule has 1 atom stereocenters. The van der Waals surface area contributed by atoms with Crippen LogP contribution in [0.5, 0.6) is 11.5 Å². The van der Waals surface area contributed by atoms with Gasteiger partial charge < -0.3 is 30.6 Å². The summed E-state index contributed by atoms with van der Waals surface area (Å²) in [4.78, 5) is 12.9. The zero-order valence-corrected chi connectivity index (χ0v) is 20.5. The van der Waals surface area contributed by atoms with Gasteiger partial charge in [0.2, 0.25) is 5.95 Å². The molecule has 36 heavy (non-hydrogen) atoms. The first-order valence-corrected chi connectivity index (χ1v) is 12.3. The number of nitrogens with one attached hydrogen (secondary N) is 4. The molecule has 6 N–H and O–H groups in total. The van der Waals surface area contributed by atoms with Crippen molar-refractivity contribution in [1.82, 2.24) is 20.3 Å². The van der Waals surface area contributed by atoms with Crippen molar-refractivity contribution in [3.8, 4) is 22.6 Å². The minimum atomic E-state index is -0.788. The number of ether oxygens (including phenoxy) is 1. The predicted octanol–water partition coefficient (Wildman–Crippen LogP) is 5.04. The Morgan fingerprint density at radius 1 is 1.06 bits per heavy atom. The first-order valence-electron chi connectivity index (χ1n) is 12.3. The third-order valence-corrected chi connectivity index (χ3v) is 6.72. The second kappa shape index (κ2) is 10.4. The Hall–Kier alpha value is -3.82. The Balaban J connectivity index is 1.55. The highest BCUT2D eigenvalue weighted by molar-refractivity contribution is 6.01. The van der Waals surface area contributed by atoms with Crippen molar-refractivity contribution in [3.05, 3.63) is 54.2 Å². The highest BCUT2D eigenvalue weighted by Gasteiger charge is 2.20. The van der Waals surface area contributed by atoms with Gasteiger partial charge in [0.05, 0.1) is 18.2 Å². The maximum Gasteiger partial charge on any atom is 0.231 e. The number of aromatic amines is 1. The van der Waals surface area contributed by atoms with Crippen LogP contribution in [0.25, 0.3) is 22.2 Å². The van der Waals surface area contributed by atoms with Crippen LogP contribution < -0.4 is 20.7 Å². The first kappa shape index (κ1) is 23.9. The number of fused-ring (bicyclic) bond motifs is 1. The zero-order valence-electron chi connectivity index (χ0n) is 20.5. The van der Waals surface area contributed by atoms with Gasteiger partial charge in [0.15, 0.2) is 0 Å². The number of hydrogen-bond donors (Lipinski definition) is 6. The number of rotatable bonds is 8. The van der Waals surface area contributed by atoms with Gasteiger partial charge in [-0.15, -0.1) is 0 Å². The Morgan fingerprint density at radius 3 is 2.56 bits per heavy atom. The molecule has 1 aliphatic rings. The summed E-state index contributed by atoms with van der Waals surface area (Å²) in [6, 6.07) is 12.9. The molecule has 5 rings (SSSR count). The van der Waals surface area contributed by atoms with E-state index in [1.807, 2.05) is 30.5 Å². The van der Waals surface area contributed by atoms with Gasteiger partial charge in [-0.05, 0) is 55.3 Å². The van der Waals surface area contributed by atoms with E-state index in [2.05, 4.69) is 20.9 Å². The van der Waals surface area contributed by atoms with Gasteiger partial charge in [-0.3, -0.25) is 5.32 Å². The number of anilines is 3. The van der Waals surface area contributed by atoms with Crippen molar-refractivity contribution in [1.29, 1.82) is 0 Å². The van der Waals surface area contributed by atoms with Crippen LogP contribution in [0.2, 0.25) is 0 Å². The Morgan fingerprint density at radius 2 is 1.83 bits per heavy atom. The normalized spacial score (nSPS) is 15.1. The third kappa shape index (κ3) is 4.93. The van der Waals surface area contributed by atoms with Crippen molar-refractivity contribution >= 4 is 28.5 Å². The summed E-state index contributed by atoms with van der Waals surface area (Å²) in [5, 5.41) is 30.6. The first-order chi connectivity index (χ1) is 17.6. The smallest absolute Gasteiger partial charge is 0.231 e. The number of hydrogen-bond acceptors (Lipinski definition) is 8. The number of methoxy groups -OCH3 is 1. The molecule has 188 valence electrons. The average molecular weight is 489 g/mol. The molecule has 4 aromatic rings. The van der Waals surface area contributed by atoms with Crippen molar-refractivity contribution in [2.75, 3.05) is 24.8 Å². The molecule has 0 bridgehead atoms. The molecule has 9 heteroatoms. The third-order valence-electron chi connectivity index (χ3n) is 6.72. The number of aromatic hydroxyl groups is 1. The second-order valence-electron chi connectivity index (χ2n) is 9.12. The highest BCUT2D eigenvalue weighted by Crippen LogP contribution is 2.36. The molecule has 0 spiro atoms. The fourth-order valence-corrected chi connectivity index (χ4v) is 4.77. The van der Waals surface area contributed by atoms with Crippen LogP contribution in [0.3, 0.4) is 0 Å². The lowest BCUT2D eigenvalue weighted by atomic mass is 9.95. The lowest BCUT2D eigenvalue weighted by molar-refractivity contribution is 0.149. The monoisotopic (exact) mass is 488 g/mol.